The first-order valence-corrected chi connectivity index (χ1v) is 7.14. The second kappa shape index (κ2) is 5.02. The smallest absolute Gasteiger partial charge is 0.103 e. The number of likely N-dealkylation sites (N-methyl/N-ethyl adjacent to an activating group) is 1. The molecule has 0 saturated carbocycles. The summed E-state index contributed by atoms with van der Waals surface area (Å²) < 4.78 is 0. The van der Waals surface area contributed by atoms with Gasteiger partial charge in [0.1, 0.15) is 5.82 Å². The van der Waals surface area contributed by atoms with Gasteiger partial charge in [-0.15, -0.1) is 0 Å². The molecule has 0 radical (unpaired) electrons. The average Bonchev–Trinajstić information content (AvgIpc) is 2.53. The molecule has 0 aromatic carbocycles. The summed E-state index contributed by atoms with van der Waals surface area (Å²) in [6.45, 7) is 6.79. The molecule has 3 rings (SSSR count). The van der Waals surface area contributed by atoms with Crippen molar-refractivity contribution in [2.75, 3.05) is 26.7 Å². The van der Waals surface area contributed by atoms with Crippen LogP contribution in [0.5, 0.6) is 0 Å². The molecule has 2 atom stereocenters. The van der Waals surface area contributed by atoms with Gasteiger partial charge in [0.2, 0.25) is 0 Å². The highest BCUT2D eigenvalue weighted by atomic mass is 15.2. The van der Waals surface area contributed by atoms with Gasteiger partial charge in [-0.3, -0.25) is 4.90 Å². The van der Waals surface area contributed by atoms with Gasteiger partial charge in [0, 0.05) is 44.1 Å². The van der Waals surface area contributed by atoms with Crippen molar-refractivity contribution in [3.63, 3.8) is 0 Å². The largest absolute Gasteiger partial charge is 0.345 e. The number of nitrogens with zero attached hydrogens (tertiary/aromatic N) is 3. The highest BCUT2D eigenvalue weighted by Gasteiger charge is 2.30. The molecule has 0 spiro atoms. The van der Waals surface area contributed by atoms with E-state index in [9.17, 15) is 0 Å². The maximum absolute atomic E-state index is 4.30. The summed E-state index contributed by atoms with van der Waals surface area (Å²) in [7, 11) is 2.30. The molecule has 2 fully saturated rings. The van der Waals surface area contributed by atoms with Gasteiger partial charge in [0.05, 0.1) is 0 Å². The predicted octanol–water partition coefficient (Wildman–Crippen LogP) is 1.63. The molecule has 4 nitrogen and oxygen atoms in total. The second-order valence-corrected chi connectivity index (χ2v) is 6.08. The van der Waals surface area contributed by atoms with Crippen molar-refractivity contribution >= 4 is 0 Å². The van der Waals surface area contributed by atoms with Crippen molar-refractivity contribution in [2.45, 2.75) is 38.8 Å². The van der Waals surface area contributed by atoms with E-state index in [1.54, 1.807) is 0 Å². The number of nitrogens with one attached hydrogen (secondary N) is 1. The Morgan fingerprint density at radius 2 is 2.22 bits per heavy atom. The van der Waals surface area contributed by atoms with Gasteiger partial charge < -0.3 is 9.88 Å². The van der Waals surface area contributed by atoms with E-state index in [2.05, 4.69) is 26.8 Å². The van der Waals surface area contributed by atoms with Gasteiger partial charge >= 0.3 is 0 Å². The van der Waals surface area contributed by atoms with Gasteiger partial charge in [-0.2, -0.15) is 0 Å². The fraction of sp³-hybridized carbons (Fsp3) is 0.786. The first kappa shape index (κ1) is 12.2. The lowest BCUT2D eigenvalue weighted by molar-refractivity contribution is 0.186. The third kappa shape index (κ3) is 2.59. The molecule has 0 aliphatic carbocycles. The molecular formula is C14H24N4. The summed E-state index contributed by atoms with van der Waals surface area (Å²) in [5, 5.41) is 0. The number of aryl methyl sites for hydroxylation is 1. The first-order valence-electron chi connectivity index (χ1n) is 7.14. The fourth-order valence-electron chi connectivity index (χ4n) is 3.55. The van der Waals surface area contributed by atoms with Crippen LogP contribution in [-0.4, -0.2) is 52.5 Å². The van der Waals surface area contributed by atoms with Crippen LogP contribution in [-0.2, 0) is 6.54 Å². The molecule has 1 aromatic heterocycles. The van der Waals surface area contributed by atoms with E-state index < -0.39 is 0 Å². The zero-order valence-electron chi connectivity index (χ0n) is 11.5. The monoisotopic (exact) mass is 248 g/mol. The molecule has 100 valence electrons. The zero-order valence-corrected chi connectivity index (χ0v) is 11.5. The molecule has 0 amide bonds. The van der Waals surface area contributed by atoms with Crippen LogP contribution in [0.25, 0.3) is 0 Å². The van der Waals surface area contributed by atoms with Crippen molar-refractivity contribution in [3.8, 4) is 0 Å². The molecule has 1 N–H and O–H groups in total. The van der Waals surface area contributed by atoms with Crippen molar-refractivity contribution in [3.05, 3.63) is 17.7 Å². The van der Waals surface area contributed by atoms with Crippen LogP contribution in [0.15, 0.2) is 6.20 Å². The lowest BCUT2D eigenvalue weighted by Crippen LogP contribution is -2.38. The second-order valence-electron chi connectivity index (χ2n) is 6.08. The molecule has 2 aliphatic rings. The lowest BCUT2D eigenvalue weighted by atomic mass is 10.00. The predicted molar refractivity (Wildman–Crippen MR) is 72.4 cm³/mol. The molecule has 2 bridgehead atoms. The normalized spacial score (nSPS) is 30.3. The van der Waals surface area contributed by atoms with Crippen LogP contribution < -0.4 is 0 Å². The van der Waals surface area contributed by atoms with Gasteiger partial charge in [-0.05, 0) is 32.7 Å². The van der Waals surface area contributed by atoms with Gasteiger partial charge in [-0.1, -0.05) is 6.42 Å². The number of rotatable bonds is 2. The van der Waals surface area contributed by atoms with Crippen LogP contribution in [0, 0.1) is 12.8 Å². The number of imidazole rings is 1. The minimum atomic E-state index is 0.751. The van der Waals surface area contributed by atoms with Gasteiger partial charge in [0.25, 0.3) is 0 Å². The van der Waals surface area contributed by atoms with Crippen molar-refractivity contribution in [1.29, 1.82) is 0 Å². The standard InChI is InChI=1S/C14H24N4/c1-11-15-6-13(16-11)9-18-8-12-4-3-5-14(10-18)17(2)7-12/h6,12,14H,3-5,7-10H2,1-2H3,(H,15,16)/t12-,14-/m0/s1. The molecule has 0 unspecified atom stereocenters. The highest BCUT2D eigenvalue weighted by molar-refractivity contribution is 5.00. The molecule has 3 heterocycles. The number of H-pyrrole nitrogens is 1. The minimum Gasteiger partial charge on any atom is -0.345 e. The molecule has 1 aromatic rings. The number of fused-ring (bicyclic) bond motifs is 3. The summed E-state index contributed by atoms with van der Waals surface area (Å²) in [6.07, 6.45) is 6.17. The Bertz CT molecular complexity index is 400. The molecule has 2 saturated heterocycles. The Hall–Kier alpha value is -0.870. The Morgan fingerprint density at radius 1 is 1.33 bits per heavy atom. The third-order valence-corrected chi connectivity index (χ3v) is 4.45. The Kier molecular flexibility index (Phi) is 3.39. The summed E-state index contributed by atoms with van der Waals surface area (Å²) >= 11 is 0. The third-order valence-electron chi connectivity index (χ3n) is 4.45. The van der Waals surface area contributed by atoms with Crippen LogP contribution in [0.1, 0.15) is 30.8 Å². The van der Waals surface area contributed by atoms with Crippen molar-refractivity contribution in [1.82, 2.24) is 19.8 Å². The summed E-state index contributed by atoms with van der Waals surface area (Å²) in [4.78, 5) is 12.8. The molecular weight excluding hydrogens is 224 g/mol. The van der Waals surface area contributed by atoms with E-state index in [4.69, 9.17) is 0 Å². The van der Waals surface area contributed by atoms with Crippen molar-refractivity contribution in [2.24, 2.45) is 5.92 Å². The van der Waals surface area contributed by atoms with E-state index in [0.717, 1.165) is 24.3 Å². The SMILES string of the molecule is Cc1ncc(CN2C[C@H]3CCC[C@@H](C2)N(C)C3)[nH]1. The minimum absolute atomic E-state index is 0.751. The Balaban J connectivity index is 1.70. The van der Waals surface area contributed by atoms with E-state index in [1.807, 2.05) is 13.1 Å². The first-order chi connectivity index (χ1) is 8.70. The topological polar surface area (TPSA) is 35.2 Å². The number of aromatic nitrogens is 2. The molecule has 2 aliphatic heterocycles. The Morgan fingerprint density at radius 3 is 3.00 bits per heavy atom. The summed E-state index contributed by atoms with van der Waals surface area (Å²) in [5.74, 6) is 1.88. The van der Waals surface area contributed by atoms with E-state index in [-0.39, 0.29) is 0 Å². The van der Waals surface area contributed by atoms with Crippen LogP contribution in [0.3, 0.4) is 0 Å². The van der Waals surface area contributed by atoms with Gasteiger partial charge in [-0.25, -0.2) is 4.98 Å². The summed E-state index contributed by atoms with van der Waals surface area (Å²) in [6, 6.07) is 0.751. The molecule has 18 heavy (non-hydrogen) atoms. The zero-order chi connectivity index (χ0) is 12.5. The summed E-state index contributed by atoms with van der Waals surface area (Å²) in [5.41, 5.74) is 1.26. The van der Waals surface area contributed by atoms with Gasteiger partial charge in [0.15, 0.2) is 0 Å². The maximum atomic E-state index is 4.30. The fourth-order valence-corrected chi connectivity index (χ4v) is 3.55. The average molecular weight is 248 g/mol. The Labute approximate surface area is 109 Å². The van der Waals surface area contributed by atoms with Crippen molar-refractivity contribution < 1.29 is 0 Å². The maximum Gasteiger partial charge on any atom is 0.103 e. The van der Waals surface area contributed by atoms with Crippen LogP contribution in [0.2, 0.25) is 0 Å². The number of hydrogen-bond donors (Lipinski definition) is 1. The lowest BCUT2D eigenvalue weighted by Gasteiger charge is -2.29. The van der Waals surface area contributed by atoms with E-state index >= 15 is 0 Å². The van der Waals surface area contributed by atoms with E-state index in [0.29, 0.717) is 0 Å². The van der Waals surface area contributed by atoms with Crippen LogP contribution >= 0.6 is 0 Å². The number of aromatic amines is 1. The highest BCUT2D eigenvalue weighted by Crippen LogP contribution is 2.26. The number of hydrogen-bond acceptors (Lipinski definition) is 3. The van der Waals surface area contributed by atoms with E-state index in [1.165, 1.54) is 44.6 Å². The quantitative estimate of drug-likeness (QED) is 0.864. The van der Waals surface area contributed by atoms with Crippen LogP contribution in [0.4, 0.5) is 0 Å². The molecule has 4 heteroatoms. The number of likely N-dealkylation sites (tertiary alicyclic amines) is 1.